The lowest BCUT2D eigenvalue weighted by Crippen LogP contribution is -2.38. The van der Waals surface area contributed by atoms with Gasteiger partial charge in [-0.2, -0.15) is 4.52 Å². The Balaban J connectivity index is 1.37. The Labute approximate surface area is 155 Å². The van der Waals surface area contributed by atoms with Gasteiger partial charge in [0.2, 0.25) is 5.91 Å². The number of carbonyl (C=O) groups excluding carboxylic acids is 1. The van der Waals surface area contributed by atoms with Crippen molar-refractivity contribution in [3.8, 4) is 0 Å². The Bertz CT molecular complexity index is 919. The zero-order valence-electron chi connectivity index (χ0n) is 14.5. The zero-order chi connectivity index (χ0) is 17.9. The zero-order valence-corrected chi connectivity index (χ0v) is 15.3. The first-order valence-electron chi connectivity index (χ1n) is 8.60. The molecule has 0 unspecified atom stereocenters. The highest BCUT2D eigenvalue weighted by Gasteiger charge is 2.26. The summed E-state index contributed by atoms with van der Waals surface area (Å²) in [5, 5.41) is 15.4. The number of nitrogens with zero attached hydrogens (tertiary/aromatic N) is 5. The second-order valence-electron chi connectivity index (χ2n) is 6.31. The van der Waals surface area contributed by atoms with Crippen LogP contribution in [0.5, 0.6) is 0 Å². The third kappa shape index (κ3) is 3.50. The van der Waals surface area contributed by atoms with Crippen molar-refractivity contribution in [2.24, 2.45) is 5.92 Å². The van der Waals surface area contributed by atoms with Crippen LogP contribution in [-0.4, -0.2) is 45.1 Å². The number of benzene rings is 1. The maximum atomic E-state index is 12.6. The minimum absolute atomic E-state index is 0.0304. The van der Waals surface area contributed by atoms with Crippen LogP contribution in [-0.2, 0) is 4.79 Å². The van der Waals surface area contributed by atoms with E-state index in [4.69, 9.17) is 0 Å². The molecule has 7 nitrogen and oxygen atoms in total. The summed E-state index contributed by atoms with van der Waals surface area (Å²) in [5.41, 5.74) is 1.60. The molecule has 1 saturated heterocycles. The van der Waals surface area contributed by atoms with Crippen LogP contribution in [0.25, 0.3) is 5.65 Å². The fraction of sp³-hybridized carbons (Fsp3) is 0.333. The van der Waals surface area contributed by atoms with E-state index >= 15 is 0 Å². The minimum Gasteiger partial charge on any atom is -0.355 e. The molecule has 26 heavy (non-hydrogen) atoms. The molecule has 0 spiro atoms. The molecule has 3 aromatic rings. The Hall–Kier alpha value is -2.61. The van der Waals surface area contributed by atoms with E-state index in [1.54, 1.807) is 22.6 Å². The Kier molecular flexibility index (Phi) is 4.75. The lowest BCUT2D eigenvalue weighted by molar-refractivity contribution is -0.120. The van der Waals surface area contributed by atoms with Crippen LogP contribution in [0.4, 0.5) is 11.5 Å². The van der Waals surface area contributed by atoms with E-state index in [1.807, 2.05) is 42.7 Å². The van der Waals surface area contributed by atoms with Gasteiger partial charge in [0.05, 0.1) is 0 Å². The summed E-state index contributed by atoms with van der Waals surface area (Å²) >= 11 is 1.67. The van der Waals surface area contributed by atoms with Crippen molar-refractivity contribution < 1.29 is 4.79 Å². The molecule has 0 aliphatic carbocycles. The quantitative estimate of drug-likeness (QED) is 0.714. The average molecular weight is 368 g/mol. The van der Waals surface area contributed by atoms with Crippen LogP contribution >= 0.6 is 11.8 Å². The molecule has 1 aliphatic heterocycles. The second-order valence-corrected chi connectivity index (χ2v) is 7.19. The third-order valence-electron chi connectivity index (χ3n) is 4.67. The van der Waals surface area contributed by atoms with Gasteiger partial charge in [0.25, 0.3) is 0 Å². The first kappa shape index (κ1) is 16.8. The minimum atomic E-state index is 0.0304. The monoisotopic (exact) mass is 368 g/mol. The SMILES string of the molecule is CSc1cccc(NC(=O)C2CCN(c3ccc4nncn4n3)CC2)c1. The van der Waals surface area contributed by atoms with Gasteiger partial charge in [-0.15, -0.1) is 27.1 Å². The maximum Gasteiger partial charge on any atom is 0.227 e. The molecule has 1 amide bonds. The van der Waals surface area contributed by atoms with Gasteiger partial charge in [-0.05, 0) is 49.4 Å². The highest BCUT2D eigenvalue weighted by molar-refractivity contribution is 7.98. The van der Waals surface area contributed by atoms with Crippen molar-refractivity contribution in [1.82, 2.24) is 19.8 Å². The summed E-state index contributed by atoms with van der Waals surface area (Å²) in [6.45, 7) is 1.62. The van der Waals surface area contributed by atoms with E-state index in [1.165, 1.54) is 0 Å². The van der Waals surface area contributed by atoms with Crippen LogP contribution in [0.3, 0.4) is 0 Å². The van der Waals surface area contributed by atoms with Crippen LogP contribution < -0.4 is 10.2 Å². The van der Waals surface area contributed by atoms with E-state index < -0.39 is 0 Å². The number of carbonyl (C=O) groups is 1. The summed E-state index contributed by atoms with van der Waals surface area (Å²) in [5.74, 6) is 1.02. The van der Waals surface area contributed by atoms with E-state index in [0.717, 1.165) is 48.0 Å². The molecule has 134 valence electrons. The van der Waals surface area contributed by atoms with Crippen molar-refractivity contribution in [2.45, 2.75) is 17.7 Å². The second kappa shape index (κ2) is 7.33. The molecule has 4 rings (SSSR count). The van der Waals surface area contributed by atoms with Gasteiger partial charge >= 0.3 is 0 Å². The van der Waals surface area contributed by atoms with Crippen molar-refractivity contribution in [1.29, 1.82) is 0 Å². The topological polar surface area (TPSA) is 75.4 Å². The van der Waals surface area contributed by atoms with Crippen LogP contribution in [0, 0.1) is 5.92 Å². The van der Waals surface area contributed by atoms with E-state index in [2.05, 4.69) is 25.5 Å². The Morgan fingerprint density at radius 2 is 2.08 bits per heavy atom. The number of hydrogen-bond donors (Lipinski definition) is 1. The molecule has 0 atom stereocenters. The lowest BCUT2D eigenvalue weighted by Gasteiger charge is -2.32. The van der Waals surface area contributed by atoms with E-state index in [9.17, 15) is 4.79 Å². The predicted octanol–water partition coefficient (Wildman–Crippen LogP) is 2.70. The van der Waals surface area contributed by atoms with E-state index in [-0.39, 0.29) is 11.8 Å². The number of anilines is 2. The predicted molar refractivity (Wildman–Crippen MR) is 103 cm³/mol. The third-order valence-corrected chi connectivity index (χ3v) is 5.40. The normalized spacial score (nSPS) is 15.3. The molecule has 0 saturated carbocycles. The number of thioether (sulfide) groups is 1. The number of piperidine rings is 1. The smallest absolute Gasteiger partial charge is 0.227 e. The number of rotatable bonds is 4. The van der Waals surface area contributed by atoms with Crippen molar-refractivity contribution in [3.63, 3.8) is 0 Å². The molecule has 0 bridgehead atoms. The molecule has 0 radical (unpaired) electrons. The molecule has 3 heterocycles. The fourth-order valence-electron chi connectivity index (χ4n) is 3.20. The largest absolute Gasteiger partial charge is 0.355 e. The summed E-state index contributed by atoms with van der Waals surface area (Å²) in [7, 11) is 0. The van der Waals surface area contributed by atoms with Crippen LogP contribution in [0.15, 0.2) is 47.6 Å². The van der Waals surface area contributed by atoms with Gasteiger partial charge in [0, 0.05) is 29.6 Å². The number of nitrogens with one attached hydrogen (secondary N) is 1. The number of hydrogen-bond acceptors (Lipinski definition) is 6. The molecular weight excluding hydrogens is 348 g/mol. The Morgan fingerprint density at radius 1 is 1.23 bits per heavy atom. The molecule has 1 N–H and O–H groups in total. The standard InChI is InChI=1S/C18H20N6OS/c1-26-15-4-2-3-14(11-15)20-18(25)13-7-9-23(10-8-13)17-6-5-16-21-19-12-24(16)22-17/h2-6,11-13H,7-10H2,1H3,(H,20,25). The number of aromatic nitrogens is 4. The van der Waals surface area contributed by atoms with Crippen molar-refractivity contribution in [2.75, 3.05) is 29.6 Å². The van der Waals surface area contributed by atoms with Crippen molar-refractivity contribution in [3.05, 3.63) is 42.7 Å². The Morgan fingerprint density at radius 3 is 2.88 bits per heavy atom. The highest BCUT2D eigenvalue weighted by Crippen LogP contribution is 2.24. The summed E-state index contributed by atoms with van der Waals surface area (Å²) in [6.07, 6.45) is 5.26. The molecule has 1 fully saturated rings. The highest BCUT2D eigenvalue weighted by atomic mass is 32.2. The molecule has 8 heteroatoms. The van der Waals surface area contributed by atoms with Gasteiger partial charge in [0.15, 0.2) is 5.65 Å². The number of fused-ring (bicyclic) bond motifs is 1. The number of amides is 1. The first-order valence-corrected chi connectivity index (χ1v) is 9.82. The fourth-order valence-corrected chi connectivity index (χ4v) is 3.66. The van der Waals surface area contributed by atoms with Crippen molar-refractivity contribution >= 4 is 34.8 Å². The molecule has 2 aromatic heterocycles. The summed E-state index contributed by atoms with van der Waals surface area (Å²) < 4.78 is 1.67. The summed E-state index contributed by atoms with van der Waals surface area (Å²) in [4.78, 5) is 15.9. The van der Waals surface area contributed by atoms with Crippen LogP contribution in [0.2, 0.25) is 0 Å². The van der Waals surface area contributed by atoms with Gasteiger partial charge in [-0.1, -0.05) is 6.07 Å². The first-order chi connectivity index (χ1) is 12.7. The maximum absolute atomic E-state index is 12.6. The molecule has 1 aliphatic rings. The molecule has 1 aromatic carbocycles. The van der Waals surface area contributed by atoms with E-state index in [0.29, 0.717) is 0 Å². The van der Waals surface area contributed by atoms with Gasteiger partial charge in [-0.3, -0.25) is 4.79 Å². The summed E-state index contributed by atoms with van der Waals surface area (Å²) in [6, 6.07) is 11.8. The van der Waals surface area contributed by atoms with Crippen LogP contribution in [0.1, 0.15) is 12.8 Å². The van der Waals surface area contributed by atoms with Gasteiger partial charge in [0.1, 0.15) is 12.1 Å². The molecular formula is C18H20N6OS. The van der Waals surface area contributed by atoms with Gasteiger partial charge < -0.3 is 10.2 Å². The van der Waals surface area contributed by atoms with Gasteiger partial charge in [-0.25, -0.2) is 0 Å². The average Bonchev–Trinajstić information content (AvgIpc) is 3.16. The lowest BCUT2D eigenvalue weighted by atomic mass is 9.96.